The van der Waals surface area contributed by atoms with E-state index < -0.39 is 11.7 Å². The molecule has 0 saturated carbocycles. The number of anilines is 1. The Labute approximate surface area is 156 Å². The molecular weight excluding hydrogens is 355 g/mol. The van der Waals surface area contributed by atoms with Crippen molar-refractivity contribution in [1.82, 2.24) is 5.32 Å². The number of esters is 1. The molecule has 0 aromatic heterocycles. The summed E-state index contributed by atoms with van der Waals surface area (Å²) in [5.74, 6) is -1.40. The molecule has 136 valence electrons. The summed E-state index contributed by atoms with van der Waals surface area (Å²) >= 11 is 5.07. The van der Waals surface area contributed by atoms with Gasteiger partial charge in [0.2, 0.25) is 0 Å². The Balaban J connectivity index is 1.89. The van der Waals surface area contributed by atoms with Crippen molar-refractivity contribution >= 4 is 34.9 Å². The van der Waals surface area contributed by atoms with Gasteiger partial charge < -0.3 is 10.1 Å². The summed E-state index contributed by atoms with van der Waals surface area (Å²) in [6.07, 6.45) is 1.78. The highest BCUT2D eigenvalue weighted by molar-refractivity contribution is 7.80. The zero-order valence-corrected chi connectivity index (χ0v) is 15.1. The number of rotatable bonds is 6. The van der Waals surface area contributed by atoms with Gasteiger partial charge in [0.15, 0.2) is 5.11 Å². The molecule has 0 aliphatic heterocycles. The van der Waals surface area contributed by atoms with Crippen LogP contribution in [0.4, 0.5) is 10.1 Å². The molecule has 0 fully saturated rings. The predicted octanol–water partition coefficient (Wildman–Crippen LogP) is 3.91. The Kier molecular flexibility index (Phi) is 7.23. The SMILES string of the molecule is CCCCOC(=O)c1ccc(NC(=S)NC(=O)c2cccc(F)c2)cc1. The minimum atomic E-state index is -0.516. The van der Waals surface area contributed by atoms with Crippen LogP contribution in [0, 0.1) is 5.82 Å². The Bertz CT molecular complexity index is 794. The van der Waals surface area contributed by atoms with E-state index in [1.165, 1.54) is 18.2 Å². The lowest BCUT2D eigenvalue weighted by Crippen LogP contribution is -2.34. The van der Waals surface area contributed by atoms with Crippen LogP contribution in [0.2, 0.25) is 0 Å². The third-order valence-corrected chi connectivity index (χ3v) is 3.63. The number of nitrogens with one attached hydrogen (secondary N) is 2. The van der Waals surface area contributed by atoms with Gasteiger partial charge in [0.25, 0.3) is 5.91 Å². The van der Waals surface area contributed by atoms with Crippen LogP contribution >= 0.6 is 12.2 Å². The molecule has 2 aromatic carbocycles. The van der Waals surface area contributed by atoms with Crippen molar-refractivity contribution in [2.24, 2.45) is 0 Å². The molecule has 2 rings (SSSR count). The van der Waals surface area contributed by atoms with Crippen molar-refractivity contribution < 1.29 is 18.7 Å². The zero-order chi connectivity index (χ0) is 18.9. The third-order valence-electron chi connectivity index (χ3n) is 3.42. The highest BCUT2D eigenvalue weighted by Crippen LogP contribution is 2.11. The largest absolute Gasteiger partial charge is 0.462 e. The summed E-state index contributed by atoms with van der Waals surface area (Å²) < 4.78 is 18.3. The quantitative estimate of drug-likeness (QED) is 0.456. The number of thiocarbonyl (C=S) groups is 1. The molecule has 0 aliphatic carbocycles. The lowest BCUT2D eigenvalue weighted by Gasteiger charge is -2.10. The number of hydrogen-bond donors (Lipinski definition) is 2. The summed E-state index contributed by atoms with van der Waals surface area (Å²) in [4.78, 5) is 23.8. The molecule has 5 nitrogen and oxygen atoms in total. The fourth-order valence-electron chi connectivity index (χ4n) is 2.05. The maximum absolute atomic E-state index is 13.1. The van der Waals surface area contributed by atoms with Crippen molar-refractivity contribution in [3.05, 3.63) is 65.5 Å². The van der Waals surface area contributed by atoms with E-state index in [4.69, 9.17) is 17.0 Å². The second-order valence-corrected chi connectivity index (χ2v) is 5.89. The zero-order valence-electron chi connectivity index (χ0n) is 14.3. The minimum absolute atomic E-state index is 0.0672. The first-order valence-electron chi connectivity index (χ1n) is 8.14. The van der Waals surface area contributed by atoms with Crippen molar-refractivity contribution in [2.45, 2.75) is 19.8 Å². The Morgan fingerprint density at radius 1 is 1.12 bits per heavy atom. The number of ether oxygens (including phenoxy) is 1. The molecule has 0 bridgehead atoms. The number of carbonyl (C=O) groups excluding carboxylic acids is 2. The lowest BCUT2D eigenvalue weighted by atomic mass is 10.2. The normalized spacial score (nSPS) is 10.1. The molecule has 0 unspecified atom stereocenters. The van der Waals surface area contributed by atoms with Gasteiger partial charge in [-0.15, -0.1) is 0 Å². The first-order chi connectivity index (χ1) is 12.5. The van der Waals surface area contributed by atoms with Crippen LogP contribution in [0.3, 0.4) is 0 Å². The minimum Gasteiger partial charge on any atom is -0.462 e. The lowest BCUT2D eigenvalue weighted by molar-refractivity contribution is 0.0499. The van der Waals surface area contributed by atoms with E-state index in [1.54, 1.807) is 24.3 Å². The van der Waals surface area contributed by atoms with Crippen LogP contribution in [0.25, 0.3) is 0 Å². The van der Waals surface area contributed by atoms with Gasteiger partial charge in [-0.05, 0) is 61.1 Å². The van der Waals surface area contributed by atoms with E-state index in [0.717, 1.165) is 18.9 Å². The molecule has 7 heteroatoms. The van der Waals surface area contributed by atoms with E-state index in [9.17, 15) is 14.0 Å². The van der Waals surface area contributed by atoms with Crippen molar-refractivity contribution in [3.8, 4) is 0 Å². The first-order valence-corrected chi connectivity index (χ1v) is 8.55. The van der Waals surface area contributed by atoms with Crippen molar-refractivity contribution in [2.75, 3.05) is 11.9 Å². The summed E-state index contributed by atoms with van der Waals surface area (Å²) in [5.41, 5.74) is 1.19. The molecular formula is C19H19FN2O3S. The monoisotopic (exact) mass is 374 g/mol. The van der Waals surface area contributed by atoms with Gasteiger partial charge in [0.1, 0.15) is 5.82 Å². The molecule has 0 heterocycles. The molecule has 0 saturated heterocycles. The smallest absolute Gasteiger partial charge is 0.338 e. The van der Waals surface area contributed by atoms with Crippen LogP contribution in [-0.2, 0) is 4.74 Å². The topological polar surface area (TPSA) is 67.4 Å². The standard InChI is InChI=1S/C19H19FN2O3S/c1-2-3-11-25-18(24)13-7-9-16(10-8-13)21-19(26)22-17(23)14-5-4-6-15(20)12-14/h4-10,12H,2-3,11H2,1H3,(H2,21,22,23,26). The van der Waals surface area contributed by atoms with Crippen LogP contribution in [0.15, 0.2) is 48.5 Å². The van der Waals surface area contributed by atoms with E-state index in [-0.39, 0.29) is 16.6 Å². The van der Waals surface area contributed by atoms with Crippen molar-refractivity contribution in [1.29, 1.82) is 0 Å². The fourth-order valence-corrected chi connectivity index (χ4v) is 2.26. The highest BCUT2D eigenvalue weighted by atomic mass is 32.1. The summed E-state index contributed by atoms with van der Waals surface area (Å²) in [6.45, 7) is 2.41. The van der Waals surface area contributed by atoms with E-state index in [0.29, 0.717) is 17.9 Å². The van der Waals surface area contributed by atoms with Gasteiger partial charge in [-0.1, -0.05) is 19.4 Å². The second kappa shape index (κ2) is 9.62. The van der Waals surface area contributed by atoms with Gasteiger partial charge >= 0.3 is 5.97 Å². The number of amides is 1. The van der Waals surface area contributed by atoms with Gasteiger partial charge in [0.05, 0.1) is 12.2 Å². The summed E-state index contributed by atoms with van der Waals surface area (Å²) in [6, 6.07) is 11.8. The van der Waals surface area contributed by atoms with Crippen LogP contribution in [0.1, 0.15) is 40.5 Å². The number of benzene rings is 2. The highest BCUT2D eigenvalue weighted by Gasteiger charge is 2.10. The van der Waals surface area contributed by atoms with E-state index in [1.807, 2.05) is 6.92 Å². The van der Waals surface area contributed by atoms with Crippen LogP contribution in [0.5, 0.6) is 0 Å². The maximum Gasteiger partial charge on any atom is 0.338 e. The number of halogens is 1. The predicted molar refractivity (Wildman–Crippen MR) is 102 cm³/mol. The average molecular weight is 374 g/mol. The average Bonchev–Trinajstić information content (AvgIpc) is 2.62. The van der Waals surface area contributed by atoms with Gasteiger partial charge in [-0.2, -0.15) is 0 Å². The van der Waals surface area contributed by atoms with Gasteiger partial charge in [0, 0.05) is 11.3 Å². The molecule has 0 aliphatic rings. The number of carbonyl (C=O) groups is 2. The maximum atomic E-state index is 13.1. The molecule has 0 spiro atoms. The Morgan fingerprint density at radius 2 is 1.85 bits per heavy atom. The van der Waals surface area contributed by atoms with Crippen molar-refractivity contribution in [3.63, 3.8) is 0 Å². The first kappa shape index (κ1) is 19.5. The molecule has 0 radical (unpaired) electrons. The number of unbranched alkanes of at least 4 members (excludes halogenated alkanes) is 1. The third kappa shape index (κ3) is 5.93. The molecule has 26 heavy (non-hydrogen) atoms. The molecule has 0 atom stereocenters. The molecule has 2 N–H and O–H groups in total. The van der Waals surface area contributed by atoms with Crippen LogP contribution in [-0.4, -0.2) is 23.6 Å². The van der Waals surface area contributed by atoms with Gasteiger partial charge in [-0.25, -0.2) is 9.18 Å². The summed E-state index contributed by atoms with van der Waals surface area (Å²) in [7, 11) is 0. The van der Waals surface area contributed by atoms with Crippen LogP contribution < -0.4 is 10.6 Å². The fraction of sp³-hybridized carbons (Fsp3) is 0.211. The van der Waals surface area contributed by atoms with E-state index in [2.05, 4.69) is 10.6 Å². The van der Waals surface area contributed by atoms with E-state index >= 15 is 0 Å². The van der Waals surface area contributed by atoms with Gasteiger partial charge in [-0.3, -0.25) is 10.1 Å². The number of hydrogen-bond acceptors (Lipinski definition) is 4. The Morgan fingerprint density at radius 3 is 2.50 bits per heavy atom. The Hall–Kier alpha value is -2.80. The molecule has 1 amide bonds. The summed E-state index contributed by atoms with van der Waals surface area (Å²) in [5, 5.41) is 5.36. The molecule has 2 aromatic rings. The second-order valence-electron chi connectivity index (χ2n) is 5.49.